The zero-order valence-corrected chi connectivity index (χ0v) is 16.6. The molecule has 1 aliphatic rings. The average molecular weight is 377 g/mol. The van der Waals surface area contributed by atoms with E-state index in [1.54, 1.807) is 0 Å². The summed E-state index contributed by atoms with van der Waals surface area (Å²) < 4.78 is 8.28. The van der Waals surface area contributed by atoms with E-state index in [0.29, 0.717) is 5.92 Å². The topological polar surface area (TPSA) is 55.6 Å². The van der Waals surface area contributed by atoms with E-state index < -0.39 is 0 Å². The van der Waals surface area contributed by atoms with E-state index >= 15 is 0 Å². The van der Waals surface area contributed by atoms with Crippen LogP contribution in [-0.4, -0.2) is 21.9 Å². The SMILES string of the molecule is CC(=O)Nc1cccc(-c2c(C)nc3c(OCC4CCCCC4)cccn23)c1. The van der Waals surface area contributed by atoms with Crippen LogP contribution in [0.2, 0.25) is 0 Å². The van der Waals surface area contributed by atoms with Crippen molar-refractivity contribution >= 4 is 17.2 Å². The minimum absolute atomic E-state index is 0.0783. The van der Waals surface area contributed by atoms with E-state index in [4.69, 9.17) is 9.72 Å². The van der Waals surface area contributed by atoms with Gasteiger partial charge in [-0.2, -0.15) is 0 Å². The highest BCUT2D eigenvalue weighted by atomic mass is 16.5. The van der Waals surface area contributed by atoms with Crippen molar-refractivity contribution < 1.29 is 9.53 Å². The van der Waals surface area contributed by atoms with Crippen LogP contribution in [0.3, 0.4) is 0 Å². The van der Waals surface area contributed by atoms with Crippen molar-refractivity contribution in [3.05, 3.63) is 48.3 Å². The van der Waals surface area contributed by atoms with Crippen molar-refractivity contribution in [1.29, 1.82) is 0 Å². The van der Waals surface area contributed by atoms with Gasteiger partial charge in [-0.1, -0.05) is 31.4 Å². The van der Waals surface area contributed by atoms with Crippen LogP contribution in [0.4, 0.5) is 5.69 Å². The van der Waals surface area contributed by atoms with Gasteiger partial charge in [0.2, 0.25) is 5.91 Å². The number of hydrogen-bond donors (Lipinski definition) is 1. The molecule has 3 aromatic rings. The highest BCUT2D eigenvalue weighted by molar-refractivity contribution is 5.89. The smallest absolute Gasteiger partial charge is 0.221 e. The molecule has 5 heteroatoms. The number of aryl methyl sites for hydroxylation is 1. The fourth-order valence-corrected chi connectivity index (χ4v) is 4.13. The number of pyridine rings is 1. The number of rotatable bonds is 5. The van der Waals surface area contributed by atoms with Crippen molar-refractivity contribution in [3.8, 4) is 17.0 Å². The number of carbonyl (C=O) groups is 1. The first-order chi connectivity index (χ1) is 13.6. The summed E-state index contributed by atoms with van der Waals surface area (Å²) >= 11 is 0. The van der Waals surface area contributed by atoms with E-state index in [1.807, 2.05) is 49.5 Å². The number of amides is 1. The monoisotopic (exact) mass is 377 g/mol. The third kappa shape index (κ3) is 3.88. The summed E-state index contributed by atoms with van der Waals surface area (Å²) in [4.78, 5) is 16.2. The number of nitrogens with zero attached hydrogens (tertiary/aromatic N) is 2. The van der Waals surface area contributed by atoms with Crippen LogP contribution in [0.25, 0.3) is 16.9 Å². The van der Waals surface area contributed by atoms with Crippen LogP contribution in [0.15, 0.2) is 42.6 Å². The fraction of sp³-hybridized carbons (Fsp3) is 0.391. The highest BCUT2D eigenvalue weighted by Crippen LogP contribution is 2.31. The Morgan fingerprint density at radius 1 is 1.21 bits per heavy atom. The lowest BCUT2D eigenvalue weighted by Crippen LogP contribution is -2.15. The summed E-state index contributed by atoms with van der Waals surface area (Å²) in [6.07, 6.45) is 8.52. The Labute approximate surface area is 165 Å². The van der Waals surface area contributed by atoms with Gasteiger partial charge in [0.15, 0.2) is 11.4 Å². The van der Waals surface area contributed by atoms with E-state index in [2.05, 4.69) is 9.72 Å². The summed E-state index contributed by atoms with van der Waals surface area (Å²) in [5.41, 5.74) is 4.60. The molecule has 1 aliphatic carbocycles. The number of nitrogens with one attached hydrogen (secondary N) is 1. The minimum Gasteiger partial charge on any atom is -0.489 e. The number of carbonyl (C=O) groups excluding carboxylic acids is 1. The maximum Gasteiger partial charge on any atom is 0.221 e. The molecule has 0 bridgehead atoms. The molecule has 0 spiro atoms. The molecule has 0 atom stereocenters. The molecule has 0 unspecified atom stereocenters. The Hall–Kier alpha value is -2.82. The second-order valence-corrected chi connectivity index (χ2v) is 7.69. The van der Waals surface area contributed by atoms with Gasteiger partial charge in [0.05, 0.1) is 18.0 Å². The van der Waals surface area contributed by atoms with Gasteiger partial charge in [0.1, 0.15) is 0 Å². The molecule has 146 valence electrons. The normalized spacial score (nSPS) is 14.9. The van der Waals surface area contributed by atoms with Crippen molar-refractivity contribution in [1.82, 2.24) is 9.38 Å². The Balaban J connectivity index is 1.65. The van der Waals surface area contributed by atoms with Gasteiger partial charge in [-0.3, -0.25) is 9.20 Å². The molecule has 28 heavy (non-hydrogen) atoms. The predicted octanol–water partition coefficient (Wildman–Crippen LogP) is 5.23. The molecular formula is C23H27N3O2. The first-order valence-corrected chi connectivity index (χ1v) is 10.1. The third-order valence-corrected chi connectivity index (χ3v) is 5.44. The molecule has 1 amide bonds. The summed E-state index contributed by atoms with van der Waals surface area (Å²) in [6, 6.07) is 11.9. The highest BCUT2D eigenvalue weighted by Gasteiger charge is 2.17. The minimum atomic E-state index is -0.0783. The largest absolute Gasteiger partial charge is 0.489 e. The number of anilines is 1. The number of aromatic nitrogens is 2. The van der Waals surface area contributed by atoms with Crippen molar-refractivity contribution in [2.45, 2.75) is 46.0 Å². The standard InChI is InChI=1S/C23H27N3O2/c1-16-22(19-10-6-11-20(14-19)25-17(2)27)26-13-7-12-21(23(26)24-16)28-15-18-8-4-3-5-9-18/h6-7,10-14,18H,3-5,8-9,15H2,1-2H3,(H,25,27). The predicted molar refractivity (Wildman–Crippen MR) is 112 cm³/mol. The van der Waals surface area contributed by atoms with Gasteiger partial charge in [-0.05, 0) is 49.9 Å². The molecule has 0 saturated heterocycles. The maximum absolute atomic E-state index is 11.4. The van der Waals surface area contributed by atoms with Gasteiger partial charge < -0.3 is 10.1 Å². The lowest BCUT2D eigenvalue weighted by atomic mass is 9.90. The van der Waals surface area contributed by atoms with Crippen LogP contribution >= 0.6 is 0 Å². The quantitative estimate of drug-likeness (QED) is 0.662. The third-order valence-electron chi connectivity index (χ3n) is 5.44. The van der Waals surface area contributed by atoms with Crippen LogP contribution in [-0.2, 0) is 4.79 Å². The number of ether oxygens (including phenoxy) is 1. The van der Waals surface area contributed by atoms with E-state index in [-0.39, 0.29) is 5.91 Å². The summed E-state index contributed by atoms with van der Waals surface area (Å²) in [7, 11) is 0. The second-order valence-electron chi connectivity index (χ2n) is 7.69. The Morgan fingerprint density at radius 3 is 2.82 bits per heavy atom. The molecule has 1 saturated carbocycles. The van der Waals surface area contributed by atoms with Crippen molar-refractivity contribution in [3.63, 3.8) is 0 Å². The van der Waals surface area contributed by atoms with Crippen molar-refractivity contribution in [2.24, 2.45) is 5.92 Å². The summed E-state index contributed by atoms with van der Waals surface area (Å²) in [6.45, 7) is 4.29. The number of benzene rings is 1. The molecule has 1 aromatic carbocycles. The van der Waals surface area contributed by atoms with Gasteiger partial charge in [0, 0.05) is 24.4 Å². The van der Waals surface area contributed by atoms with E-state index in [9.17, 15) is 4.79 Å². The van der Waals surface area contributed by atoms with Crippen LogP contribution in [0, 0.1) is 12.8 Å². The molecule has 2 heterocycles. The molecule has 2 aromatic heterocycles. The van der Waals surface area contributed by atoms with Gasteiger partial charge in [-0.15, -0.1) is 0 Å². The molecule has 0 aliphatic heterocycles. The summed E-state index contributed by atoms with van der Waals surface area (Å²) in [5.74, 6) is 1.41. The number of fused-ring (bicyclic) bond motifs is 1. The van der Waals surface area contributed by atoms with Crippen LogP contribution in [0.1, 0.15) is 44.7 Å². The van der Waals surface area contributed by atoms with E-state index in [1.165, 1.54) is 39.0 Å². The second kappa shape index (κ2) is 8.05. The number of hydrogen-bond acceptors (Lipinski definition) is 3. The lowest BCUT2D eigenvalue weighted by molar-refractivity contribution is -0.114. The molecule has 1 N–H and O–H groups in total. The van der Waals surface area contributed by atoms with Crippen molar-refractivity contribution in [2.75, 3.05) is 11.9 Å². The molecule has 4 rings (SSSR count). The molecular weight excluding hydrogens is 350 g/mol. The Bertz CT molecular complexity index is 987. The van der Waals surface area contributed by atoms with Crippen LogP contribution in [0.5, 0.6) is 5.75 Å². The Morgan fingerprint density at radius 2 is 2.04 bits per heavy atom. The molecule has 0 radical (unpaired) electrons. The Kier molecular flexibility index (Phi) is 5.33. The zero-order chi connectivity index (χ0) is 19.5. The van der Waals surface area contributed by atoms with E-state index in [0.717, 1.165) is 40.6 Å². The first kappa shape index (κ1) is 18.5. The van der Waals surface area contributed by atoms with Gasteiger partial charge in [0.25, 0.3) is 0 Å². The zero-order valence-electron chi connectivity index (χ0n) is 16.6. The number of imidazole rings is 1. The summed E-state index contributed by atoms with van der Waals surface area (Å²) in [5, 5.41) is 2.85. The fourth-order valence-electron chi connectivity index (χ4n) is 4.13. The molecule has 5 nitrogen and oxygen atoms in total. The lowest BCUT2D eigenvalue weighted by Gasteiger charge is -2.21. The average Bonchev–Trinajstić information content (AvgIpc) is 3.03. The van der Waals surface area contributed by atoms with Crippen LogP contribution < -0.4 is 10.1 Å². The van der Waals surface area contributed by atoms with Gasteiger partial charge >= 0.3 is 0 Å². The maximum atomic E-state index is 11.4. The first-order valence-electron chi connectivity index (χ1n) is 10.1. The van der Waals surface area contributed by atoms with Gasteiger partial charge in [-0.25, -0.2) is 4.98 Å². The molecule has 1 fully saturated rings.